The summed E-state index contributed by atoms with van der Waals surface area (Å²) in [4.78, 5) is 27.1. The van der Waals surface area contributed by atoms with Gasteiger partial charge in [0.2, 0.25) is 11.8 Å². The predicted octanol–water partition coefficient (Wildman–Crippen LogP) is 6.57. The van der Waals surface area contributed by atoms with Gasteiger partial charge >= 0.3 is 0 Å². The molecule has 32 heavy (non-hydrogen) atoms. The van der Waals surface area contributed by atoms with Crippen LogP contribution in [0.2, 0.25) is 0 Å². The van der Waals surface area contributed by atoms with E-state index < -0.39 is 0 Å². The van der Waals surface area contributed by atoms with Crippen LogP contribution in [0.5, 0.6) is 0 Å². The van der Waals surface area contributed by atoms with Crippen molar-refractivity contribution in [3.63, 3.8) is 0 Å². The summed E-state index contributed by atoms with van der Waals surface area (Å²) in [5.41, 5.74) is 6.56. The van der Waals surface area contributed by atoms with Gasteiger partial charge in [-0.25, -0.2) is 0 Å². The third-order valence-electron chi connectivity index (χ3n) is 5.47. The lowest BCUT2D eigenvalue weighted by Crippen LogP contribution is -2.38. The normalized spacial score (nSPS) is 10.6. The molecular formula is C26H36Cl2N2O2. The van der Waals surface area contributed by atoms with Gasteiger partial charge in [-0.15, -0.1) is 23.2 Å². The maximum Gasteiger partial charge on any atom is 0.242 e. The Labute approximate surface area is 203 Å². The molecule has 2 aromatic rings. The van der Waals surface area contributed by atoms with Crippen molar-refractivity contribution in [1.82, 2.24) is 0 Å². The van der Waals surface area contributed by atoms with E-state index in [4.69, 9.17) is 23.2 Å². The van der Waals surface area contributed by atoms with Gasteiger partial charge in [-0.2, -0.15) is 0 Å². The van der Waals surface area contributed by atoms with Crippen LogP contribution >= 0.6 is 23.2 Å². The second kappa shape index (κ2) is 12.9. The van der Waals surface area contributed by atoms with E-state index in [-0.39, 0.29) is 35.7 Å². The maximum atomic E-state index is 11.8. The molecule has 0 saturated carbocycles. The Bertz CT molecular complexity index is 851. The summed E-state index contributed by atoms with van der Waals surface area (Å²) in [6.45, 7) is 16.1. The fraction of sp³-hybridized carbons (Fsp3) is 0.462. The molecule has 6 heteroatoms. The number of aryl methyl sites for hydroxylation is 2. The van der Waals surface area contributed by atoms with E-state index in [1.54, 1.807) is 9.80 Å². The summed E-state index contributed by atoms with van der Waals surface area (Å²) in [6.07, 6.45) is 0. The highest BCUT2D eigenvalue weighted by Crippen LogP contribution is 2.26. The van der Waals surface area contributed by atoms with Crippen molar-refractivity contribution in [3.8, 4) is 0 Å². The van der Waals surface area contributed by atoms with Crippen molar-refractivity contribution in [2.24, 2.45) is 0 Å². The molecule has 0 aliphatic carbocycles. The largest absolute Gasteiger partial charge is 0.309 e. The molecule has 0 aliphatic rings. The fourth-order valence-electron chi connectivity index (χ4n) is 3.52. The van der Waals surface area contributed by atoms with Crippen LogP contribution in [0.3, 0.4) is 0 Å². The van der Waals surface area contributed by atoms with Gasteiger partial charge in [0.25, 0.3) is 0 Å². The van der Waals surface area contributed by atoms with Crippen molar-refractivity contribution < 1.29 is 9.59 Å². The lowest BCUT2D eigenvalue weighted by atomic mass is 10.1. The zero-order valence-electron chi connectivity index (χ0n) is 20.5. The molecule has 0 atom stereocenters. The molecule has 2 rings (SSSR count). The van der Waals surface area contributed by atoms with E-state index in [0.29, 0.717) is 0 Å². The van der Waals surface area contributed by atoms with Crippen LogP contribution in [0.25, 0.3) is 0 Å². The van der Waals surface area contributed by atoms with Crippen molar-refractivity contribution in [1.29, 1.82) is 0 Å². The Hall–Kier alpha value is -2.04. The molecule has 0 heterocycles. The maximum absolute atomic E-state index is 11.8. The van der Waals surface area contributed by atoms with Crippen LogP contribution in [0, 0.1) is 27.7 Å². The van der Waals surface area contributed by atoms with Crippen LogP contribution in [0.4, 0.5) is 11.4 Å². The first-order valence-electron chi connectivity index (χ1n) is 10.9. The lowest BCUT2D eigenvalue weighted by Gasteiger charge is -2.28. The quantitative estimate of drug-likeness (QED) is 0.440. The van der Waals surface area contributed by atoms with E-state index in [1.165, 1.54) is 11.1 Å². The number of carbonyl (C=O) groups excluding carboxylic acids is 2. The standard InChI is InChI=1S/2C13H18ClNO/c2*1-9(2)15(13(16)8-14)12-7-5-6-10(3)11(12)4/h2*5-7,9H,8H2,1-4H3. The number of halogens is 2. The van der Waals surface area contributed by atoms with Crippen molar-refractivity contribution in [2.45, 2.75) is 67.5 Å². The first-order valence-corrected chi connectivity index (χ1v) is 11.9. The van der Waals surface area contributed by atoms with E-state index in [1.807, 2.05) is 91.8 Å². The average molecular weight is 479 g/mol. The number of benzene rings is 2. The molecule has 0 radical (unpaired) electrons. The number of nitrogens with zero attached hydrogens (tertiary/aromatic N) is 2. The van der Waals surface area contributed by atoms with Crippen LogP contribution in [0.1, 0.15) is 49.9 Å². The molecule has 2 aromatic carbocycles. The van der Waals surface area contributed by atoms with E-state index in [9.17, 15) is 9.59 Å². The minimum atomic E-state index is -0.0506. The number of hydrogen-bond acceptors (Lipinski definition) is 2. The Morgan fingerprint density at radius 2 is 1.00 bits per heavy atom. The van der Waals surface area contributed by atoms with Gasteiger partial charge in [0.15, 0.2) is 0 Å². The number of hydrogen-bond donors (Lipinski definition) is 0. The lowest BCUT2D eigenvalue weighted by molar-refractivity contribution is -0.117. The minimum absolute atomic E-state index is 0.0194. The highest BCUT2D eigenvalue weighted by atomic mass is 35.5. The number of alkyl halides is 2. The number of rotatable bonds is 6. The zero-order chi connectivity index (χ0) is 24.6. The average Bonchev–Trinajstić information content (AvgIpc) is 2.74. The highest BCUT2D eigenvalue weighted by molar-refractivity contribution is 6.30. The van der Waals surface area contributed by atoms with Crippen LogP contribution in [-0.4, -0.2) is 35.7 Å². The SMILES string of the molecule is Cc1cccc(N(C(=O)CCl)C(C)C)c1C.Cc1cccc(N(C(=O)CCl)C(C)C)c1C. The fourth-order valence-corrected chi connectivity index (χ4v) is 3.78. The summed E-state index contributed by atoms with van der Waals surface area (Å²) in [5.74, 6) is -0.0624. The summed E-state index contributed by atoms with van der Waals surface area (Å²) in [6, 6.07) is 12.2. The molecule has 0 fully saturated rings. The van der Waals surface area contributed by atoms with Gasteiger partial charge in [-0.1, -0.05) is 24.3 Å². The van der Waals surface area contributed by atoms with Crippen molar-refractivity contribution >= 4 is 46.4 Å². The van der Waals surface area contributed by atoms with Gasteiger partial charge in [0.1, 0.15) is 11.8 Å². The smallest absolute Gasteiger partial charge is 0.242 e. The molecule has 0 aromatic heterocycles. The number of carbonyl (C=O) groups is 2. The third-order valence-corrected chi connectivity index (χ3v) is 5.93. The highest BCUT2D eigenvalue weighted by Gasteiger charge is 2.21. The van der Waals surface area contributed by atoms with Gasteiger partial charge in [0, 0.05) is 23.5 Å². The monoisotopic (exact) mass is 478 g/mol. The number of amides is 2. The summed E-state index contributed by atoms with van der Waals surface area (Å²) >= 11 is 11.3. The molecular weight excluding hydrogens is 443 g/mol. The Morgan fingerprint density at radius 1 is 0.688 bits per heavy atom. The molecule has 0 bridgehead atoms. The van der Waals surface area contributed by atoms with Crippen molar-refractivity contribution in [2.75, 3.05) is 21.6 Å². The molecule has 2 amide bonds. The molecule has 0 aliphatic heterocycles. The second-order valence-corrected chi connectivity index (χ2v) is 8.95. The van der Waals surface area contributed by atoms with Gasteiger partial charge in [-0.05, 0) is 89.8 Å². The van der Waals surface area contributed by atoms with E-state index in [0.717, 1.165) is 22.5 Å². The first kappa shape index (κ1) is 28.0. The van der Waals surface area contributed by atoms with Gasteiger partial charge in [0.05, 0.1) is 0 Å². The van der Waals surface area contributed by atoms with Gasteiger partial charge < -0.3 is 9.80 Å². The molecule has 0 unspecified atom stereocenters. The molecule has 4 nitrogen and oxygen atoms in total. The van der Waals surface area contributed by atoms with Crippen molar-refractivity contribution in [3.05, 3.63) is 58.7 Å². The Balaban J connectivity index is 0.000000320. The molecule has 0 spiro atoms. The molecule has 0 saturated heterocycles. The summed E-state index contributed by atoms with van der Waals surface area (Å²) < 4.78 is 0. The van der Waals surface area contributed by atoms with Crippen LogP contribution in [0.15, 0.2) is 36.4 Å². The first-order chi connectivity index (χ1) is 15.0. The number of anilines is 2. The minimum Gasteiger partial charge on any atom is -0.309 e. The van der Waals surface area contributed by atoms with E-state index in [2.05, 4.69) is 0 Å². The zero-order valence-corrected chi connectivity index (χ0v) is 22.0. The third kappa shape index (κ3) is 6.98. The van der Waals surface area contributed by atoms with Crippen LogP contribution in [-0.2, 0) is 9.59 Å². The predicted molar refractivity (Wildman–Crippen MR) is 139 cm³/mol. The second-order valence-electron chi connectivity index (χ2n) is 8.42. The summed E-state index contributed by atoms with van der Waals surface area (Å²) in [7, 11) is 0. The summed E-state index contributed by atoms with van der Waals surface area (Å²) in [5, 5.41) is 0. The molecule has 176 valence electrons. The molecule has 0 N–H and O–H groups in total. The van der Waals surface area contributed by atoms with Crippen LogP contribution < -0.4 is 9.80 Å². The van der Waals surface area contributed by atoms with E-state index >= 15 is 0 Å². The Morgan fingerprint density at radius 3 is 1.25 bits per heavy atom. The Kier molecular flexibility index (Phi) is 11.2. The van der Waals surface area contributed by atoms with Gasteiger partial charge in [-0.3, -0.25) is 9.59 Å². The topological polar surface area (TPSA) is 40.6 Å².